The molecule has 32 heavy (non-hydrogen) atoms. The van der Waals surface area contributed by atoms with Crippen LogP contribution in [0.2, 0.25) is 0 Å². The minimum absolute atomic E-state index is 0.0494. The molecule has 0 spiro atoms. The van der Waals surface area contributed by atoms with Gasteiger partial charge in [0.15, 0.2) is 0 Å². The zero-order chi connectivity index (χ0) is 23.1. The highest BCUT2D eigenvalue weighted by Gasteiger charge is 2.45. The van der Waals surface area contributed by atoms with E-state index in [0.717, 1.165) is 6.42 Å². The van der Waals surface area contributed by atoms with E-state index in [2.05, 4.69) is 0 Å². The fourth-order valence-corrected chi connectivity index (χ4v) is 3.76. The molecule has 1 saturated heterocycles. The van der Waals surface area contributed by atoms with Crippen LogP contribution in [0.5, 0.6) is 11.5 Å². The van der Waals surface area contributed by atoms with Gasteiger partial charge >= 0.3 is 0 Å². The van der Waals surface area contributed by atoms with Crippen LogP contribution in [0.15, 0.2) is 54.1 Å². The van der Waals surface area contributed by atoms with Crippen molar-refractivity contribution in [1.29, 1.82) is 0 Å². The molecule has 2 aromatic carbocycles. The highest BCUT2D eigenvalue weighted by atomic mass is 16.5. The lowest BCUT2D eigenvalue weighted by Gasteiger charge is -2.25. The number of aliphatic hydroxyl groups is 1. The number of ether oxygens (including phenoxy) is 3. The number of benzene rings is 2. The maximum Gasteiger partial charge on any atom is 0.295 e. The lowest BCUT2D eigenvalue weighted by molar-refractivity contribution is -0.140. The summed E-state index contributed by atoms with van der Waals surface area (Å²) in [6, 6.07) is 13.3. The van der Waals surface area contributed by atoms with Crippen molar-refractivity contribution in [3.8, 4) is 11.5 Å². The van der Waals surface area contributed by atoms with E-state index in [9.17, 15) is 14.7 Å². The average molecular weight is 440 g/mol. The second-order valence-electron chi connectivity index (χ2n) is 7.49. The van der Waals surface area contributed by atoms with E-state index in [0.29, 0.717) is 48.8 Å². The minimum atomic E-state index is -0.733. The van der Waals surface area contributed by atoms with Crippen molar-refractivity contribution in [2.45, 2.75) is 25.8 Å². The average Bonchev–Trinajstić information content (AvgIpc) is 3.07. The molecule has 2 aromatic rings. The van der Waals surface area contributed by atoms with Gasteiger partial charge in [-0.3, -0.25) is 9.59 Å². The number of carbonyl (C=O) groups is 2. The van der Waals surface area contributed by atoms with Crippen molar-refractivity contribution in [2.24, 2.45) is 0 Å². The van der Waals surface area contributed by atoms with Gasteiger partial charge in [-0.2, -0.15) is 0 Å². The molecule has 0 bridgehead atoms. The van der Waals surface area contributed by atoms with Gasteiger partial charge in [0.05, 0.1) is 25.3 Å². The second kappa shape index (κ2) is 10.8. The Hall–Kier alpha value is -3.32. The SMILES string of the molecule is CCCOc1cccc(C2/C(=C(/O)c3cccc(OC)c3)C(=O)C(=O)N2CCCOC)c1. The first-order valence-electron chi connectivity index (χ1n) is 10.7. The summed E-state index contributed by atoms with van der Waals surface area (Å²) in [5.74, 6) is -0.410. The molecule has 0 aromatic heterocycles. The molecular formula is C25H29NO6. The number of carbonyl (C=O) groups excluding carboxylic acids is 2. The third-order valence-corrected chi connectivity index (χ3v) is 5.28. The van der Waals surface area contributed by atoms with Gasteiger partial charge in [0, 0.05) is 25.8 Å². The van der Waals surface area contributed by atoms with Gasteiger partial charge in [-0.25, -0.2) is 0 Å². The Morgan fingerprint density at radius 1 is 1.03 bits per heavy atom. The quantitative estimate of drug-likeness (QED) is 0.261. The van der Waals surface area contributed by atoms with Crippen LogP contribution in [0.25, 0.3) is 5.76 Å². The maximum atomic E-state index is 13.1. The van der Waals surface area contributed by atoms with Crippen LogP contribution in [0.3, 0.4) is 0 Å². The molecule has 1 aliphatic rings. The summed E-state index contributed by atoms with van der Waals surface area (Å²) in [6.45, 7) is 3.34. The van der Waals surface area contributed by atoms with Gasteiger partial charge in [-0.15, -0.1) is 0 Å². The molecule has 1 heterocycles. The zero-order valence-corrected chi connectivity index (χ0v) is 18.7. The molecule has 1 atom stereocenters. The summed E-state index contributed by atoms with van der Waals surface area (Å²) in [7, 11) is 3.11. The fraction of sp³-hybridized carbons (Fsp3) is 0.360. The molecule has 1 aliphatic heterocycles. The Bertz CT molecular complexity index is 999. The molecule has 0 saturated carbocycles. The van der Waals surface area contributed by atoms with Crippen LogP contribution in [0, 0.1) is 0 Å². The van der Waals surface area contributed by atoms with Crippen molar-refractivity contribution < 1.29 is 28.9 Å². The van der Waals surface area contributed by atoms with Gasteiger partial charge in [0.2, 0.25) is 0 Å². The Morgan fingerprint density at radius 3 is 2.50 bits per heavy atom. The Labute approximate surface area is 188 Å². The Kier molecular flexibility index (Phi) is 7.89. The number of likely N-dealkylation sites (tertiary alicyclic amines) is 1. The number of rotatable bonds is 10. The van der Waals surface area contributed by atoms with E-state index >= 15 is 0 Å². The van der Waals surface area contributed by atoms with Crippen LogP contribution in [-0.2, 0) is 14.3 Å². The van der Waals surface area contributed by atoms with Crippen molar-refractivity contribution >= 4 is 17.4 Å². The number of Topliss-reactive ketones (excluding diaryl/α,β-unsaturated/α-hetero) is 1. The van der Waals surface area contributed by atoms with Crippen LogP contribution < -0.4 is 9.47 Å². The number of ketones is 1. The molecule has 1 fully saturated rings. The third-order valence-electron chi connectivity index (χ3n) is 5.28. The van der Waals surface area contributed by atoms with Crippen LogP contribution in [0.1, 0.15) is 36.9 Å². The molecule has 7 nitrogen and oxygen atoms in total. The lowest BCUT2D eigenvalue weighted by atomic mass is 9.95. The molecule has 7 heteroatoms. The molecule has 170 valence electrons. The number of nitrogens with zero attached hydrogens (tertiary/aromatic N) is 1. The predicted octanol–water partition coefficient (Wildman–Crippen LogP) is 3.94. The molecule has 1 amide bonds. The standard InChI is InChI=1S/C25H29NO6/c1-4-13-32-20-11-5-8-17(15-20)22-21(23(27)18-9-6-10-19(16-18)31-3)24(28)25(29)26(22)12-7-14-30-2/h5-6,8-11,15-16,22,27H,4,7,12-14H2,1-3H3/b23-21-. The van der Waals surface area contributed by atoms with Gasteiger partial charge < -0.3 is 24.2 Å². The van der Waals surface area contributed by atoms with E-state index in [4.69, 9.17) is 14.2 Å². The van der Waals surface area contributed by atoms with Gasteiger partial charge in [0.1, 0.15) is 17.3 Å². The van der Waals surface area contributed by atoms with Crippen LogP contribution >= 0.6 is 0 Å². The Balaban J connectivity index is 2.11. The fourth-order valence-electron chi connectivity index (χ4n) is 3.76. The van der Waals surface area contributed by atoms with E-state index < -0.39 is 17.7 Å². The summed E-state index contributed by atoms with van der Waals surface area (Å²) in [6.07, 6.45) is 1.42. The molecule has 1 unspecified atom stereocenters. The zero-order valence-electron chi connectivity index (χ0n) is 18.7. The summed E-state index contributed by atoms with van der Waals surface area (Å²) >= 11 is 0. The first-order chi connectivity index (χ1) is 15.5. The number of aliphatic hydroxyl groups excluding tert-OH is 1. The molecule has 3 rings (SSSR count). The summed E-state index contributed by atoms with van der Waals surface area (Å²) in [4.78, 5) is 27.5. The number of hydrogen-bond donors (Lipinski definition) is 1. The van der Waals surface area contributed by atoms with Crippen molar-refractivity contribution in [3.63, 3.8) is 0 Å². The predicted molar refractivity (Wildman–Crippen MR) is 121 cm³/mol. The van der Waals surface area contributed by atoms with Gasteiger partial charge in [-0.1, -0.05) is 31.2 Å². The van der Waals surface area contributed by atoms with Crippen molar-refractivity contribution in [2.75, 3.05) is 34.0 Å². The topological polar surface area (TPSA) is 85.3 Å². The summed E-state index contributed by atoms with van der Waals surface area (Å²) < 4.78 is 16.1. The largest absolute Gasteiger partial charge is 0.507 e. The van der Waals surface area contributed by atoms with Gasteiger partial charge in [-0.05, 0) is 42.7 Å². The monoisotopic (exact) mass is 439 g/mol. The molecule has 0 aliphatic carbocycles. The second-order valence-corrected chi connectivity index (χ2v) is 7.49. The van der Waals surface area contributed by atoms with Crippen molar-refractivity contribution in [1.82, 2.24) is 4.90 Å². The van der Waals surface area contributed by atoms with Crippen LogP contribution in [0.4, 0.5) is 0 Å². The smallest absolute Gasteiger partial charge is 0.295 e. The molecular weight excluding hydrogens is 410 g/mol. The first kappa shape index (κ1) is 23.3. The van der Waals surface area contributed by atoms with Crippen molar-refractivity contribution in [3.05, 3.63) is 65.2 Å². The third kappa shape index (κ3) is 4.94. The van der Waals surface area contributed by atoms with E-state index in [1.807, 2.05) is 31.2 Å². The molecule has 0 radical (unpaired) electrons. The normalized spacial score (nSPS) is 17.6. The molecule has 1 N–H and O–H groups in total. The van der Waals surface area contributed by atoms with E-state index in [1.54, 1.807) is 31.4 Å². The highest BCUT2D eigenvalue weighted by molar-refractivity contribution is 6.46. The number of hydrogen-bond acceptors (Lipinski definition) is 6. The lowest BCUT2D eigenvalue weighted by Crippen LogP contribution is -2.31. The number of methoxy groups -OCH3 is 2. The Morgan fingerprint density at radius 2 is 1.78 bits per heavy atom. The summed E-state index contributed by atoms with van der Waals surface area (Å²) in [5.41, 5.74) is 1.15. The summed E-state index contributed by atoms with van der Waals surface area (Å²) in [5, 5.41) is 11.1. The van der Waals surface area contributed by atoms with Gasteiger partial charge in [0.25, 0.3) is 11.7 Å². The first-order valence-corrected chi connectivity index (χ1v) is 10.7. The van der Waals surface area contributed by atoms with E-state index in [-0.39, 0.29) is 11.3 Å². The highest BCUT2D eigenvalue weighted by Crippen LogP contribution is 2.40. The number of amides is 1. The van der Waals surface area contributed by atoms with Crippen LogP contribution in [-0.4, -0.2) is 55.7 Å². The maximum absolute atomic E-state index is 13.1. The van der Waals surface area contributed by atoms with E-state index in [1.165, 1.54) is 12.0 Å². The minimum Gasteiger partial charge on any atom is -0.507 e.